The second-order valence-corrected chi connectivity index (χ2v) is 49.8. The van der Waals surface area contributed by atoms with Gasteiger partial charge in [-0.1, -0.05) is 59.4 Å². The van der Waals surface area contributed by atoms with Crippen molar-refractivity contribution in [3.63, 3.8) is 0 Å². The Bertz CT molecular complexity index is 7490. The third-order valence-corrected chi connectivity index (χ3v) is 38.6. The zero-order valence-electron chi connectivity index (χ0n) is 75.8. The molecule has 7 fully saturated rings. The zero-order chi connectivity index (χ0) is 103. The smallest absolute Gasteiger partial charge is 0.328 e. The number of fused-ring (bicyclic) bond motifs is 8. The lowest BCUT2D eigenvalue weighted by Gasteiger charge is -2.21. The molecule has 8 aliphatic carbocycles. The fraction of sp³-hybridized carbons (Fsp3) is 0.474. The number of hydrogen-bond donors (Lipinski definition) is 1. The first-order chi connectivity index (χ1) is 66.3. The summed E-state index contributed by atoms with van der Waals surface area (Å²) in [4.78, 5) is 68.1. The van der Waals surface area contributed by atoms with E-state index >= 15 is 8.78 Å². The van der Waals surface area contributed by atoms with Gasteiger partial charge >= 0.3 is 11.9 Å². The second-order valence-electron chi connectivity index (χ2n) is 38.4. The maximum Gasteiger partial charge on any atom is 0.354 e. The quantitative estimate of drug-likeness (QED) is 0.0248. The Labute approximate surface area is 818 Å². The van der Waals surface area contributed by atoms with Crippen molar-refractivity contribution in [2.75, 3.05) is 0 Å². The van der Waals surface area contributed by atoms with Gasteiger partial charge in [-0.3, -0.25) is 23.6 Å². The number of hydrogen-bond acceptors (Lipinski definition) is 21. The number of benzene rings is 4. The molecule has 6 aromatic heterocycles. The number of nitrogens with zero attached hydrogens (tertiary/aromatic N) is 11. The molecule has 26 nitrogen and oxygen atoms in total. The summed E-state index contributed by atoms with van der Waals surface area (Å²) in [6.45, 7) is 6.23. The Morgan fingerprint density at radius 1 is 0.517 bits per heavy atom. The van der Waals surface area contributed by atoms with Gasteiger partial charge in [-0.25, -0.2) is 106 Å². The lowest BCUT2D eigenvalue weighted by molar-refractivity contribution is -0.198. The minimum absolute atomic E-state index is 0. The van der Waals surface area contributed by atoms with Gasteiger partial charge in [0, 0.05) is 86.9 Å². The summed E-state index contributed by atoms with van der Waals surface area (Å²) < 4.78 is 332. The maximum absolute atomic E-state index is 15.5. The zero-order valence-corrected chi connectivity index (χ0v) is 80.6. The van der Waals surface area contributed by atoms with Crippen LogP contribution in [0.1, 0.15) is 248 Å². The molecule has 143 heavy (non-hydrogen) atoms. The van der Waals surface area contributed by atoms with Crippen molar-refractivity contribution in [1.29, 1.82) is 0 Å². The summed E-state index contributed by atoms with van der Waals surface area (Å²) in [5.41, 5.74) is 3.49. The van der Waals surface area contributed by atoms with Crippen LogP contribution in [0.25, 0.3) is 44.1 Å². The van der Waals surface area contributed by atoms with Crippen molar-refractivity contribution in [3.05, 3.63) is 197 Å². The minimum atomic E-state index is -3.90. The number of nitrogens with two attached hydrogens (primary N) is 1. The maximum atomic E-state index is 15.5. The number of rotatable bonds is 30. The van der Waals surface area contributed by atoms with Crippen LogP contribution in [0.3, 0.4) is 0 Å². The van der Waals surface area contributed by atoms with Crippen LogP contribution in [0.15, 0.2) is 84.9 Å². The molecule has 2 N–H and O–H groups in total. The van der Waals surface area contributed by atoms with Crippen molar-refractivity contribution >= 4 is 108 Å². The Hall–Kier alpha value is -11.0. The molecule has 0 spiro atoms. The Kier molecular flexibility index (Phi) is 27.7. The highest BCUT2D eigenvalue weighted by Gasteiger charge is 2.69. The van der Waals surface area contributed by atoms with Gasteiger partial charge in [0.25, 0.3) is 49.4 Å². The molecule has 764 valence electrons. The molecule has 48 heteroatoms. The molecular weight excluding hydrogens is 2040 g/mol. The molecule has 0 radical (unpaired) electrons. The van der Waals surface area contributed by atoms with E-state index in [0.29, 0.717) is 73.2 Å². The number of halogens is 18. The van der Waals surface area contributed by atoms with E-state index in [0.717, 1.165) is 39.7 Å². The number of carbonyl (C=O) groups excluding carboxylic acids is 4. The predicted octanol–water partition coefficient (Wildman–Crippen LogP) is 18.2. The van der Waals surface area contributed by atoms with Crippen molar-refractivity contribution in [1.82, 2.24) is 54.3 Å². The highest BCUT2D eigenvalue weighted by Crippen LogP contribution is 2.70. The largest absolute Gasteiger partial charge is 0.354 e. The fourth-order valence-electron chi connectivity index (χ4n) is 18.5. The summed E-state index contributed by atoms with van der Waals surface area (Å²) in [6.07, 6.45) is -10.1. The first-order valence-corrected chi connectivity index (χ1v) is 51.9. The number of imide groups is 1. The Morgan fingerprint density at radius 3 is 1.34 bits per heavy atom. The number of carbonyl (C=O) groups is 4. The van der Waals surface area contributed by atoms with Gasteiger partial charge in [-0.05, 0) is 214 Å². The molecule has 4 aromatic carbocycles. The third-order valence-electron chi connectivity index (χ3n) is 27.1. The van der Waals surface area contributed by atoms with E-state index in [1.54, 1.807) is 26.0 Å². The van der Waals surface area contributed by atoms with Crippen LogP contribution in [0.2, 0.25) is 10.0 Å². The molecule has 7 heterocycles. The Balaban J connectivity index is 0.000000169. The highest BCUT2D eigenvalue weighted by atomic mass is 35.5. The van der Waals surface area contributed by atoms with Crippen LogP contribution in [-0.2, 0) is 119 Å². The summed E-state index contributed by atoms with van der Waals surface area (Å²) >= 11 is 13.3. The fourth-order valence-corrected chi connectivity index (χ4v) is 25.8. The third kappa shape index (κ3) is 20.2. The number of amides is 2. The van der Waals surface area contributed by atoms with E-state index in [2.05, 4.69) is 53.9 Å². The number of sulfone groups is 4. The van der Waals surface area contributed by atoms with Gasteiger partial charge < -0.3 is 15.4 Å². The van der Waals surface area contributed by atoms with Crippen molar-refractivity contribution in [2.24, 2.45) is 17.6 Å². The predicted molar refractivity (Wildman–Crippen MR) is 488 cm³/mol. The lowest BCUT2D eigenvalue weighted by Crippen LogP contribution is -2.34. The molecule has 2 amide bonds. The van der Waals surface area contributed by atoms with Gasteiger partial charge in [-0.15, -0.1) is 10.2 Å². The van der Waals surface area contributed by atoms with E-state index in [1.165, 1.54) is 64.1 Å². The minimum Gasteiger partial charge on any atom is -0.328 e. The summed E-state index contributed by atoms with van der Waals surface area (Å²) in [5, 5.41) is 15.1. The summed E-state index contributed by atoms with van der Waals surface area (Å²) in [5.74, 6) is -10.1. The van der Waals surface area contributed by atoms with Gasteiger partial charge in [0.05, 0.1) is 87.8 Å². The topological polar surface area (TPSA) is 350 Å². The van der Waals surface area contributed by atoms with E-state index in [-0.39, 0.29) is 143 Å². The van der Waals surface area contributed by atoms with Gasteiger partial charge in [0.15, 0.2) is 45.0 Å². The second kappa shape index (κ2) is 37.8. The molecular formula is C95H90Cl2F16N12O14S4. The standard InChI is InChI=1S/C45H40ClF8N5O6S2.C35H35ClF4N4O4S2.C14H11F4N3O4.CH4/c1-43(2,67(63,64)27-5-6-27)11-10-26-4-7-28(29-8-9-32(46)37-33(21-66(61,62)44(3)12-13-44)56-58(40(29)37)20-34(49)50)38(55-26)23(14-22-15-24(47)18-25(48)16-22)17-35(60)65-59-41-36(39(57-59)42(51)52)30-19-31(30)45(41,53)54;1-34(2,50(47,48)24-5-6-24)11-10-23-4-7-25(32(42-23)28(41)16-20-14-21(37)17-22(38)15-20)26-8-9-27(36)31-29(19-49(45,46)35(3)12-13-35)43-44(33(26)31)18-30(39)40;15-13(16)11-10-5-3-6(5)14(17,18)12(10)20(19-11)4-9(24)25-21-7(22)1-2-8(21)23;/h4,7-9,15-16,18,23,27,30-31,34,42H,5-6,12-14,17,19-21H2,1-3H3;4,7-9,14-15,17,24,28,30H,5-6,12-13,16,18-19,41H2,1-3H3;5-6,13H,1-4H2;1H4/t23-,30+,31-;28-;5-,6+;/m100./s1. The number of aromatic nitrogens is 10. The molecule has 6 atom stereocenters. The molecule has 19 rings (SSSR count). The van der Waals surface area contributed by atoms with Gasteiger partial charge in [-0.2, -0.15) is 32.9 Å². The molecule has 0 unspecified atom stereocenters. The molecule has 1 aliphatic heterocycles. The summed E-state index contributed by atoms with van der Waals surface area (Å²) in [7, 11) is -14.9. The molecule has 0 bridgehead atoms. The normalized spacial score (nSPS) is 19.7. The van der Waals surface area contributed by atoms with Crippen LogP contribution < -0.4 is 10.6 Å². The van der Waals surface area contributed by atoms with Gasteiger partial charge in [0.2, 0.25) is 0 Å². The van der Waals surface area contributed by atoms with Crippen LogP contribution >= 0.6 is 23.2 Å². The number of alkyl halides is 12. The first kappa shape index (κ1) is 105. The SMILES string of the molecule is C.CC1(S(=O)(=O)Cc2nn(CC(F)F)c3c(-c4ccc(C#CC(C)(C)S(=O)(=O)C5CC5)nc4[C@@H](CC(=O)On4nc(C(F)F)c5c4C(F)(F)[C@@H]4C[C@H]54)Cc4cc(F)cc(F)c4)ccc(Cl)c23)CC1.CC1(S(=O)(=O)Cc2nn(CC(F)F)c3c(-c4ccc(C#CC(C)(C)S(=O)(=O)C5CC5)nc4[C@@H](N)Cc4cc(F)cc(F)c4)ccc(Cl)c23)CC1.O=C(Cn1nc(C(F)F)c2c1C(F)(F)[C@@H]1C[C@H]21)ON1C(=O)CCC1=O. The molecule has 10 aromatic rings. The average Bonchev–Trinajstić information content (AvgIpc) is 1.52. The van der Waals surface area contributed by atoms with Crippen LogP contribution in [-0.4, -0.2) is 154 Å². The van der Waals surface area contributed by atoms with Crippen molar-refractivity contribution in [2.45, 2.75) is 267 Å². The monoisotopic (exact) mass is 2120 g/mol. The number of pyridine rings is 2. The molecule has 1 saturated heterocycles. The lowest BCUT2D eigenvalue weighted by atomic mass is 9.87. The van der Waals surface area contributed by atoms with E-state index in [4.69, 9.17) is 38.8 Å². The van der Waals surface area contributed by atoms with E-state index in [9.17, 15) is 114 Å². The van der Waals surface area contributed by atoms with Crippen LogP contribution in [0.4, 0.5) is 70.2 Å². The van der Waals surface area contributed by atoms with Crippen LogP contribution in [0.5, 0.6) is 0 Å². The molecule has 9 aliphatic rings. The Morgan fingerprint density at radius 2 is 0.916 bits per heavy atom. The first-order valence-electron chi connectivity index (χ1n) is 44.8. The van der Waals surface area contributed by atoms with E-state index < -0.39 is 261 Å². The van der Waals surface area contributed by atoms with Gasteiger partial charge in [0.1, 0.15) is 80.9 Å². The highest BCUT2D eigenvalue weighted by molar-refractivity contribution is 7.94. The van der Waals surface area contributed by atoms with E-state index in [1.807, 2.05) is 0 Å². The number of hydroxylamine groups is 2. The van der Waals surface area contributed by atoms with Crippen LogP contribution in [0, 0.1) is 58.8 Å². The summed E-state index contributed by atoms with van der Waals surface area (Å²) in [6, 6.07) is 16.1. The average molecular weight is 2130 g/mol. The van der Waals surface area contributed by atoms with Crippen molar-refractivity contribution < 1.29 is 133 Å². The van der Waals surface area contributed by atoms with Crippen molar-refractivity contribution in [3.8, 4) is 45.9 Å². The molecule has 6 saturated carbocycles.